The predicted molar refractivity (Wildman–Crippen MR) is 78.5 cm³/mol. The number of aromatic nitrogens is 2. The second kappa shape index (κ2) is 8.47. The zero-order valence-electron chi connectivity index (χ0n) is 12.4. The third-order valence-corrected chi connectivity index (χ3v) is 3.24. The van der Waals surface area contributed by atoms with Gasteiger partial charge in [0, 0.05) is 31.0 Å². The minimum atomic E-state index is -0.818. The lowest BCUT2D eigenvalue weighted by atomic mass is 9.99. The Balaban J connectivity index is 2.53. The highest BCUT2D eigenvalue weighted by Crippen LogP contribution is 2.09. The minimum Gasteiger partial charge on any atom is -0.480 e. The summed E-state index contributed by atoms with van der Waals surface area (Å²) in [4.78, 5) is 19.6. The maximum atomic E-state index is 11.2. The van der Waals surface area contributed by atoms with Crippen LogP contribution in [0.3, 0.4) is 0 Å². The van der Waals surface area contributed by atoms with Gasteiger partial charge in [-0.15, -0.1) is 0 Å². The predicted octanol–water partition coefficient (Wildman–Crippen LogP) is 1.89. The molecular formula is C14H24N4O2. The van der Waals surface area contributed by atoms with Crippen molar-refractivity contribution in [3.8, 4) is 0 Å². The van der Waals surface area contributed by atoms with E-state index in [9.17, 15) is 9.90 Å². The van der Waals surface area contributed by atoms with Gasteiger partial charge in [0.05, 0.1) is 0 Å². The maximum Gasteiger partial charge on any atom is 0.320 e. The molecule has 0 radical (unpaired) electrons. The summed E-state index contributed by atoms with van der Waals surface area (Å²) in [7, 11) is 0. The SMILES string of the molecule is CCCNc1ncc(CN[C@H](C(=O)O)[C@@H](C)CC)cn1. The summed E-state index contributed by atoms with van der Waals surface area (Å²) in [5, 5.41) is 15.3. The molecular weight excluding hydrogens is 256 g/mol. The van der Waals surface area contributed by atoms with Crippen LogP contribution in [0, 0.1) is 5.92 Å². The summed E-state index contributed by atoms with van der Waals surface area (Å²) in [5.74, 6) is -0.132. The monoisotopic (exact) mass is 280 g/mol. The third-order valence-electron chi connectivity index (χ3n) is 3.24. The number of rotatable bonds is 9. The van der Waals surface area contributed by atoms with Gasteiger partial charge in [0.2, 0.25) is 5.95 Å². The number of carboxylic acid groups (broad SMARTS) is 1. The number of nitrogens with zero attached hydrogens (tertiary/aromatic N) is 2. The highest BCUT2D eigenvalue weighted by molar-refractivity contribution is 5.73. The van der Waals surface area contributed by atoms with Gasteiger partial charge in [0.1, 0.15) is 6.04 Å². The van der Waals surface area contributed by atoms with Crippen molar-refractivity contribution in [2.75, 3.05) is 11.9 Å². The second-order valence-corrected chi connectivity index (χ2v) is 4.92. The molecule has 6 heteroatoms. The zero-order chi connectivity index (χ0) is 15.0. The molecule has 2 atom stereocenters. The molecule has 1 rings (SSSR count). The Morgan fingerprint density at radius 1 is 1.35 bits per heavy atom. The molecule has 0 aliphatic carbocycles. The fourth-order valence-corrected chi connectivity index (χ4v) is 1.77. The molecule has 0 aliphatic heterocycles. The maximum absolute atomic E-state index is 11.2. The number of hydrogen-bond donors (Lipinski definition) is 3. The number of hydrogen-bond acceptors (Lipinski definition) is 5. The van der Waals surface area contributed by atoms with Crippen LogP contribution in [0.5, 0.6) is 0 Å². The Bertz CT molecular complexity index is 408. The molecule has 0 unspecified atom stereocenters. The molecule has 6 nitrogen and oxygen atoms in total. The average Bonchev–Trinajstić information content (AvgIpc) is 2.45. The van der Waals surface area contributed by atoms with Crippen molar-refractivity contribution in [1.82, 2.24) is 15.3 Å². The molecule has 0 saturated heterocycles. The lowest BCUT2D eigenvalue weighted by Gasteiger charge is -2.20. The van der Waals surface area contributed by atoms with Gasteiger partial charge in [-0.25, -0.2) is 9.97 Å². The topological polar surface area (TPSA) is 87.1 Å². The van der Waals surface area contributed by atoms with E-state index in [1.54, 1.807) is 12.4 Å². The lowest BCUT2D eigenvalue weighted by molar-refractivity contribution is -0.140. The summed E-state index contributed by atoms with van der Waals surface area (Å²) in [6.45, 7) is 7.29. The Labute approximate surface area is 120 Å². The quantitative estimate of drug-likeness (QED) is 0.640. The van der Waals surface area contributed by atoms with Gasteiger partial charge in [-0.1, -0.05) is 27.2 Å². The highest BCUT2D eigenvalue weighted by atomic mass is 16.4. The van der Waals surface area contributed by atoms with Crippen LogP contribution in [0.4, 0.5) is 5.95 Å². The van der Waals surface area contributed by atoms with E-state index in [1.165, 1.54) is 0 Å². The number of nitrogens with one attached hydrogen (secondary N) is 2. The molecule has 3 N–H and O–H groups in total. The summed E-state index contributed by atoms with van der Waals surface area (Å²) >= 11 is 0. The number of anilines is 1. The molecule has 1 aromatic rings. The first-order chi connectivity index (χ1) is 9.58. The molecule has 1 aromatic heterocycles. The van der Waals surface area contributed by atoms with Crippen LogP contribution < -0.4 is 10.6 Å². The summed E-state index contributed by atoms with van der Waals surface area (Å²) in [5.41, 5.74) is 0.876. The Kier molecular flexibility index (Phi) is 6.93. The first-order valence-corrected chi connectivity index (χ1v) is 7.09. The van der Waals surface area contributed by atoms with Crippen LogP contribution in [0.1, 0.15) is 39.2 Å². The van der Waals surface area contributed by atoms with Crippen LogP contribution in [0.25, 0.3) is 0 Å². The molecule has 112 valence electrons. The normalized spacial score (nSPS) is 13.8. The van der Waals surface area contributed by atoms with Crippen molar-refractivity contribution >= 4 is 11.9 Å². The van der Waals surface area contributed by atoms with Crippen molar-refractivity contribution < 1.29 is 9.90 Å². The van der Waals surface area contributed by atoms with Gasteiger partial charge in [-0.2, -0.15) is 0 Å². The van der Waals surface area contributed by atoms with Crippen LogP contribution >= 0.6 is 0 Å². The van der Waals surface area contributed by atoms with E-state index in [0.29, 0.717) is 12.5 Å². The van der Waals surface area contributed by atoms with Crippen molar-refractivity contribution in [3.63, 3.8) is 0 Å². The summed E-state index contributed by atoms with van der Waals surface area (Å²) in [6, 6.07) is -0.544. The van der Waals surface area contributed by atoms with Crippen LogP contribution in [0.15, 0.2) is 12.4 Å². The van der Waals surface area contributed by atoms with Crippen molar-refractivity contribution in [2.45, 2.75) is 46.2 Å². The standard InChI is InChI=1S/C14H24N4O2/c1-4-6-15-14-17-8-11(9-18-14)7-16-12(13(19)20)10(3)5-2/h8-10,12,16H,4-7H2,1-3H3,(H,19,20)(H,15,17,18)/t10-,12-/m0/s1. The second-order valence-electron chi connectivity index (χ2n) is 4.92. The van der Waals surface area contributed by atoms with Gasteiger partial charge in [-0.05, 0) is 12.3 Å². The fourth-order valence-electron chi connectivity index (χ4n) is 1.77. The van der Waals surface area contributed by atoms with Crippen molar-refractivity contribution in [1.29, 1.82) is 0 Å². The van der Waals surface area contributed by atoms with Crippen LogP contribution in [0.2, 0.25) is 0 Å². The van der Waals surface area contributed by atoms with E-state index in [-0.39, 0.29) is 5.92 Å². The van der Waals surface area contributed by atoms with Crippen LogP contribution in [-0.4, -0.2) is 33.6 Å². The molecule has 1 heterocycles. The van der Waals surface area contributed by atoms with Gasteiger partial charge in [0.15, 0.2) is 0 Å². The summed E-state index contributed by atoms with van der Waals surface area (Å²) < 4.78 is 0. The van der Waals surface area contributed by atoms with E-state index >= 15 is 0 Å². The van der Waals surface area contributed by atoms with Gasteiger partial charge in [-0.3, -0.25) is 10.1 Å². The number of aliphatic carboxylic acids is 1. The smallest absolute Gasteiger partial charge is 0.320 e. The van der Waals surface area contributed by atoms with E-state index in [0.717, 1.165) is 24.9 Å². The fraction of sp³-hybridized carbons (Fsp3) is 0.643. The Morgan fingerprint density at radius 3 is 2.50 bits per heavy atom. The Morgan fingerprint density at radius 2 is 2.00 bits per heavy atom. The van der Waals surface area contributed by atoms with Gasteiger partial charge in [0.25, 0.3) is 0 Å². The zero-order valence-corrected chi connectivity index (χ0v) is 12.4. The first-order valence-electron chi connectivity index (χ1n) is 7.09. The molecule has 0 aromatic carbocycles. The van der Waals surface area contributed by atoms with Crippen LogP contribution in [-0.2, 0) is 11.3 Å². The number of carbonyl (C=O) groups is 1. The molecule has 0 spiro atoms. The van der Waals surface area contributed by atoms with Crippen molar-refractivity contribution in [3.05, 3.63) is 18.0 Å². The highest BCUT2D eigenvalue weighted by Gasteiger charge is 2.22. The van der Waals surface area contributed by atoms with E-state index in [1.807, 2.05) is 13.8 Å². The molecule has 0 aliphatic rings. The van der Waals surface area contributed by atoms with Gasteiger partial charge >= 0.3 is 5.97 Å². The largest absolute Gasteiger partial charge is 0.480 e. The van der Waals surface area contributed by atoms with E-state index in [2.05, 4.69) is 27.5 Å². The Hall–Kier alpha value is -1.69. The van der Waals surface area contributed by atoms with Gasteiger partial charge < -0.3 is 10.4 Å². The molecule has 0 amide bonds. The first kappa shape index (κ1) is 16.4. The summed E-state index contributed by atoms with van der Waals surface area (Å²) in [6.07, 6.45) is 5.27. The molecule has 0 bridgehead atoms. The van der Waals surface area contributed by atoms with E-state index in [4.69, 9.17) is 0 Å². The van der Waals surface area contributed by atoms with E-state index < -0.39 is 12.0 Å². The molecule has 20 heavy (non-hydrogen) atoms. The minimum absolute atomic E-state index is 0.0823. The third kappa shape index (κ3) is 5.13. The number of carboxylic acids is 1. The molecule has 0 fully saturated rings. The van der Waals surface area contributed by atoms with Crippen molar-refractivity contribution in [2.24, 2.45) is 5.92 Å². The molecule has 0 saturated carbocycles. The average molecular weight is 280 g/mol. The lowest BCUT2D eigenvalue weighted by Crippen LogP contribution is -2.41.